The number of fused-ring (bicyclic) bond motifs is 1. The van der Waals surface area contributed by atoms with Gasteiger partial charge in [0.15, 0.2) is 5.78 Å². The summed E-state index contributed by atoms with van der Waals surface area (Å²) in [6, 6.07) is 16.7. The molecule has 0 aliphatic rings. The molecule has 0 spiro atoms. The summed E-state index contributed by atoms with van der Waals surface area (Å²) >= 11 is 1.58. The lowest BCUT2D eigenvalue weighted by molar-refractivity contribution is 0.0963. The first kappa shape index (κ1) is 12.1. The van der Waals surface area contributed by atoms with Crippen LogP contribution >= 0.6 is 11.3 Å². The lowest BCUT2D eigenvalue weighted by Crippen LogP contribution is -2.21. The molecule has 3 rings (SSSR count). The van der Waals surface area contributed by atoms with E-state index >= 15 is 0 Å². The zero-order valence-corrected chi connectivity index (χ0v) is 11.1. The molecule has 19 heavy (non-hydrogen) atoms. The minimum atomic E-state index is -0.603. The standard InChI is InChI=1S/C16H13NOS/c17-14(11-5-2-1-3-6-11)15(18)13-8-4-7-12-9-10-19-16(12)13/h1-10,14H,17H2/t14-/m1/s1. The molecular weight excluding hydrogens is 254 g/mol. The van der Waals surface area contributed by atoms with Crippen LogP contribution in [0.3, 0.4) is 0 Å². The van der Waals surface area contributed by atoms with Gasteiger partial charge in [0, 0.05) is 10.3 Å². The molecule has 1 atom stereocenters. The van der Waals surface area contributed by atoms with Crippen molar-refractivity contribution >= 4 is 27.2 Å². The smallest absolute Gasteiger partial charge is 0.185 e. The van der Waals surface area contributed by atoms with E-state index in [0.717, 1.165) is 15.6 Å². The predicted molar refractivity (Wildman–Crippen MR) is 79.5 cm³/mol. The minimum absolute atomic E-state index is 0.0285. The van der Waals surface area contributed by atoms with E-state index in [1.807, 2.05) is 60.0 Å². The van der Waals surface area contributed by atoms with Crippen LogP contribution in [0.15, 0.2) is 60.0 Å². The molecular formula is C16H13NOS. The fourth-order valence-corrected chi connectivity index (χ4v) is 3.08. The highest BCUT2D eigenvalue weighted by Gasteiger charge is 2.19. The summed E-state index contributed by atoms with van der Waals surface area (Å²) in [5, 5.41) is 3.09. The van der Waals surface area contributed by atoms with Gasteiger partial charge in [-0.15, -0.1) is 11.3 Å². The van der Waals surface area contributed by atoms with Crippen LogP contribution in [0.25, 0.3) is 10.1 Å². The molecule has 0 amide bonds. The van der Waals surface area contributed by atoms with Gasteiger partial charge in [-0.2, -0.15) is 0 Å². The van der Waals surface area contributed by atoms with Gasteiger partial charge in [0.1, 0.15) is 0 Å². The second kappa shape index (κ2) is 4.96. The van der Waals surface area contributed by atoms with Gasteiger partial charge in [-0.05, 0) is 28.5 Å². The van der Waals surface area contributed by atoms with Crippen molar-refractivity contribution in [3.05, 3.63) is 71.1 Å². The lowest BCUT2D eigenvalue weighted by Gasteiger charge is -2.11. The molecule has 94 valence electrons. The largest absolute Gasteiger partial charge is 0.318 e. The topological polar surface area (TPSA) is 43.1 Å². The highest BCUT2D eigenvalue weighted by Crippen LogP contribution is 2.27. The van der Waals surface area contributed by atoms with Crippen molar-refractivity contribution in [1.82, 2.24) is 0 Å². The quantitative estimate of drug-likeness (QED) is 0.734. The number of nitrogens with two attached hydrogens (primary N) is 1. The summed E-state index contributed by atoms with van der Waals surface area (Å²) in [7, 11) is 0. The van der Waals surface area contributed by atoms with Gasteiger partial charge in [0.05, 0.1) is 6.04 Å². The molecule has 0 unspecified atom stereocenters. The molecule has 2 nitrogen and oxygen atoms in total. The molecule has 1 aromatic heterocycles. The highest BCUT2D eigenvalue weighted by molar-refractivity contribution is 7.17. The lowest BCUT2D eigenvalue weighted by atomic mass is 9.97. The Balaban J connectivity index is 2.02. The van der Waals surface area contributed by atoms with Gasteiger partial charge in [-0.3, -0.25) is 4.79 Å². The Morgan fingerprint density at radius 1 is 1.00 bits per heavy atom. The van der Waals surface area contributed by atoms with Gasteiger partial charge in [0.25, 0.3) is 0 Å². The van der Waals surface area contributed by atoms with Crippen LogP contribution in [-0.2, 0) is 0 Å². The molecule has 1 heterocycles. The van der Waals surface area contributed by atoms with E-state index in [0.29, 0.717) is 5.56 Å². The summed E-state index contributed by atoms with van der Waals surface area (Å²) in [5.41, 5.74) is 7.65. The number of hydrogen-bond donors (Lipinski definition) is 1. The van der Waals surface area contributed by atoms with Gasteiger partial charge in [-0.1, -0.05) is 42.5 Å². The monoisotopic (exact) mass is 267 g/mol. The summed E-state index contributed by atoms with van der Waals surface area (Å²) < 4.78 is 1.01. The van der Waals surface area contributed by atoms with Crippen LogP contribution in [0.5, 0.6) is 0 Å². The Labute approximate surface area is 115 Å². The summed E-state index contributed by atoms with van der Waals surface area (Å²) in [5.74, 6) is -0.0285. The Hall–Kier alpha value is -1.97. The van der Waals surface area contributed by atoms with Gasteiger partial charge in [0.2, 0.25) is 0 Å². The third-order valence-corrected chi connectivity index (χ3v) is 4.15. The molecule has 0 aliphatic heterocycles. The Bertz CT molecular complexity index is 718. The van der Waals surface area contributed by atoms with Crippen LogP contribution in [-0.4, -0.2) is 5.78 Å². The van der Waals surface area contributed by atoms with E-state index in [4.69, 9.17) is 5.73 Å². The molecule has 3 aromatic rings. The maximum atomic E-state index is 12.5. The summed E-state index contributed by atoms with van der Waals surface area (Å²) in [6.45, 7) is 0. The molecule has 0 saturated heterocycles. The SMILES string of the molecule is N[C@@H](C(=O)c1cccc2ccsc12)c1ccccc1. The fraction of sp³-hybridized carbons (Fsp3) is 0.0625. The Kier molecular flexibility index (Phi) is 3.15. The normalized spacial score (nSPS) is 12.5. The predicted octanol–water partition coefficient (Wildman–Crippen LogP) is 3.78. The number of carbonyl (C=O) groups is 1. The van der Waals surface area contributed by atoms with Crippen LogP contribution in [0.2, 0.25) is 0 Å². The second-order valence-corrected chi connectivity index (χ2v) is 5.31. The van der Waals surface area contributed by atoms with E-state index in [1.165, 1.54) is 0 Å². The van der Waals surface area contributed by atoms with Crippen LogP contribution in [0.4, 0.5) is 0 Å². The summed E-state index contributed by atoms with van der Waals surface area (Å²) in [6.07, 6.45) is 0. The maximum Gasteiger partial charge on any atom is 0.185 e. The van der Waals surface area contributed by atoms with Crippen molar-refractivity contribution in [1.29, 1.82) is 0 Å². The molecule has 0 saturated carbocycles. The van der Waals surface area contributed by atoms with E-state index in [1.54, 1.807) is 11.3 Å². The molecule has 0 fully saturated rings. The van der Waals surface area contributed by atoms with Crippen molar-refractivity contribution < 1.29 is 4.79 Å². The van der Waals surface area contributed by atoms with Crippen molar-refractivity contribution in [2.24, 2.45) is 5.73 Å². The van der Waals surface area contributed by atoms with Crippen molar-refractivity contribution in [2.75, 3.05) is 0 Å². The average Bonchev–Trinajstić information content (AvgIpc) is 2.95. The molecule has 2 N–H and O–H groups in total. The highest BCUT2D eigenvalue weighted by atomic mass is 32.1. The zero-order valence-electron chi connectivity index (χ0n) is 10.2. The van der Waals surface area contributed by atoms with Crippen LogP contribution < -0.4 is 5.73 Å². The number of ketones is 1. The van der Waals surface area contributed by atoms with Crippen molar-refractivity contribution in [3.8, 4) is 0 Å². The van der Waals surface area contributed by atoms with Crippen LogP contribution in [0, 0.1) is 0 Å². The minimum Gasteiger partial charge on any atom is -0.318 e. The number of carbonyl (C=O) groups excluding carboxylic acids is 1. The van der Waals surface area contributed by atoms with Gasteiger partial charge in [-0.25, -0.2) is 0 Å². The van der Waals surface area contributed by atoms with E-state index in [9.17, 15) is 4.79 Å². The van der Waals surface area contributed by atoms with E-state index in [2.05, 4.69) is 0 Å². The Morgan fingerprint density at radius 2 is 1.79 bits per heavy atom. The number of benzene rings is 2. The molecule has 0 bridgehead atoms. The zero-order chi connectivity index (χ0) is 13.2. The first-order chi connectivity index (χ1) is 9.27. The molecule has 0 radical (unpaired) electrons. The average molecular weight is 267 g/mol. The van der Waals surface area contributed by atoms with E-state index in [-0.39, 0.29) is 5.78 Å². The van der Waals surface area contributed by atoms with Crippen molar-refractivity contribution in [3.63, 3.8) is 0 Å². The number of thiophene rings is 1. The third-order valence-electron chi connectivity index (χ3n) is 3.19. The van der Waals surface area contributed by atoms with Gasteiger partial charge >= 0.3 is 0 Å². The van der Waals surface area contributed by atoms with Crippen LogP contribution in [0.1, 0.15) is 22.0 Å². The fourth-order valence-electron chi connectivity index (χ4n) is 2.17. The Morgan fingerprint density at radius 3 is 2.58 bits per heavy atom. The maximum absolute atomic E-state index is 12.5. The molecule has 2 aromatic carbocycles. The summed E-state index contributed by atoms with van der Waals surface area (Å²) in [4.78, 5) is 12.5. The third kappa shape index (κ3) is 2.18. The van der Waals surface area contributed by atoms with Crippen molar-refractivity contribution in [2.45, 2.75) is 6.04 Å². The first-order valence-corrected chi connectivity index (χ1v) is 6.96. The molecule has 3 heteroatoms. The number of Topliss-reactive ketones (excluding diaryl/α,β-unsaturated/α-hetero) is 1. The van der Waals surface area contributed by atoms with Gasteiger partial charge < -0.3 is 5.73 Å². The first-order valence-electron chi connectivity index (χ1n) is 6.08. The second-order valence-electron chi connectivity index (χ2n) is 4.40. The van der Waals surface area contributed by atoms with E-state index < -0.39 is 6.04 Å². The number of hydrogen-bond acceptors (Lipinski definition) is 3. The number of rotatable bonds is 3. The molecule has 0 aliphatic carbocycles.